The predicted molar refractivity (Wildman–Crippen MR) is 60.1 cm³/mol. The van der Waals surface area contributed by atoms with E-state index in [2.05, 4.69) is 0 Å². The fourth-order valence-electron chi connectivity index (χ4n) is 1.60. The number of carbonyl (C=O) groups is 1. The lowest BCUT2D eigenvalue weighted by Crippen LogP contribution is -2.13. The summed E-state index contributed by atoms with van der Waals surface area (Å²) < 4.78 is 24.3. The van der Waals surface area contributed by atoms with Gasteiger partial charge in [-0.1, -0.05) is 38.5 Å². The molecule has 0 rings (SSSR count). The van der Waals surface area contributed by atoms with Gasteiger partial charge in [0.05, 0.1) is 6.67 Å². The first-order valence-corrected chi connectivity index (χ1v) is 6.11. The first kappa shape index (κ1) is 15.3. The Morgan fingerprint density at radius 2 is 1.38 bits per heavy atom. The Labute approximate surface area is 96.0 Å². The molecule has 1 unspecified atom stereocenters. The molecule has 1 atom stereocenters. The Morgan fingerprint density at radius 3 is 1.81 bits per heavy atom. The molecule has 4 heteroatoms. The van der Waals surface area contributed by atoms with Crippen molar-refractivity contribution in [2.45, 2.75) is 64.0 Å². The van der Waals surface area contributed by atoms with Crippen molar-refractivity contribution < 1.29 is 18.7 Å². The van der Waals surface area contributed by atoms with E-state index in [0.29, 0.717) is 12.8 Å². The third-order valence-corrected chi connectivity index (χ3v) is 2.61. The molecule has 0 aliphatic rings. The van der Waals surface area contributed by atoms with Crippen molar-refractivity contribution in [1.29, 1.82) is 0 Å². The van der Waals surface area contributed by atoms with Crippen LogP contribution in [0.4, 0.5) is 8.78 Å². The molecule has 16 heavy (non-hydrogen) atoms. The molecular formula is C12H22F2O2. The fourth-order valence-corrected chi connectivity index (χ4v) is 1.60. The van der Waals surface area contributed by atoms with Crippen molar-refractivity contribution in [1.82, 2.24) is 0 Å². The van der Waals surface area contributed by atoms with Gasteiger partial charge < -0.3 is 5.11 Å². The lowest BCUT2D eigenvalue weighted by atomic mass is 10.1. The highest BCUT2D eigenvalue weighted by molar-refractivity contribution is 5.71. The molecule has 96 valence electrons. The van der Waals surface area contributed by atoms with Crippen molar-refractivity contribution in [3.63, 3.8) is 0 Å². The molecular weight excluding hydrogens is 214 g/mol. The maximum absolute atomic E-state index is 12.6. The quantitative estimate of drug-likeness (QED) is 0.552. The van der Waals surface area contributed by atoms with Crippen molar-refractivity contribution in [3.05, 3.63) is 0 Å². The summed E-state index contributed by atoms with van der Waals surface area (Å²) in [6.45, 7) is -0.229. The van der Waals surface area contributed by atoms with E-state index in [1.54, 1.807) is 0 Å². The van der Waals surface area contributed by atoms with E-state index in [-0.39, 0.29) is 13.1 Å². The highest BCUT2D eigenvalue weighted by Gasteiger charge is 2.13. The van der Waals surface area contributed by atoms with Crippen LogP contribution in [0, 0.1) is 0 Å². The SMILES string of the molecule is O=C(O)C(F)CCCCCCCCCCF. The van der Waals surface area contributed by atoms with E-state index in [1.807, 2.05) is 0 Å². The third kappa shape index (κ3) is 9.87. The summed E-state index contributed by atoms with van der Waals surface area (Å²) in [5.74, 6) is -1.36. The molecule has 0 heterocycles. The smallest absolute Gasteiger partial charge is 0.338 e. The van der Waals surface area contributed by atoms with Gasteiger partial charge in [0, 0.05) is 0 Å². The number of hydrogen-bond acceptors (Lipinski definition) is 1. The Balaban J connectivity index is 3.07. The van der Waals surface area contributed by atoms with E-state index in [4.69, 9.17) is 5.11 Å². The number of aliphatic carboxylic acids is 1. The minimum absolute atomic E-state index is 0.122. The molecule has 0 bridgehead atoms. The van der Waals surface area contributed by atoms with Crippen molar-refractivity contribution in [2.75, 3.05) is 6.67 Å². The van der Waals surface area contributed by atoms with Crippen LogP contribution in [0.15, 0.2) is 0 Å². The predicted octanol–water partition coefficient (Wildman–Crippen LogP) is 3.89. The summed E-state index contributed by atoms with van der Waals surface area (Å²) in [5, 5.41) is 8.30. The minimum Gasteiger partial charge on any atom is -0.479 e. The molecule has 0 aliphatic carbocycles. The summed E-state index contributed by atoms with van der Waals surface area (Å²) >= 11 is 0. The monoisotopic (exact) mass is 236 g/mol. The molecule has 0 saturated carbocycles. The highest BCUT2D eigenvalue weighted by atomic mass is 19.1. The summed E-state index contributed by atoms with van der Waals surface area (Å²) in [4.78, 5) is 10.2. The Morgan fingerprint density at radius 1 is 0.938 bits per heavy atom. The van der Waals surface area contributed by atoms with Gasteiger partial charge in [0.1, 0.15) is 0 Å². The van der Waals surface area contributed by atoms with Crippen LogP contribution in [0.3, 0.4) is 0 Å². The maximum atomic E-state index is 12.6. The van der Waals surface area contributed by atoms with Crippen LogP contribution >= 0.6 is 0 Å². The lowest BCUT2D eigenvalue weighted by molar-refractivity contribution is -0.143. The fraction of sp³-hybridized carbons (Fsp3) is 0.917. The Hall–Kier alpha value is -0.670. The Kier molecular flexibility index (Phi) is 10.4. The maximum Gasteiger partial charge on any atom is 0.338 e. The first-order valence-electron chi connectivity index (χ1n) is 6.11. The summed E-state index contributed by atoms with van der Waals surface area (Å²) in [5.41, 5.74) is 0. The zero-order chi connectivity index (χ0) is 12.2. The highest BCUT2D eigenvalue weighted by Crippen LogP contribution is 2.11. The van der Waals surface area contributed by atoms with Crippen molar-refractivity contribution in [3.8, 4) is 0 Å². The minimum atomic E-state index is -1.70. The second-order valence-corrected chi connectivity index (χ2v) is 4.11. The summed E-state index contributed by atoms with van der Waals surface area (Å²) in [6, 6.07) is 0. The first-order chi connectivity index (χ1) is 7.68. The average Bonchev–Trinajstić information content (AvgIpc) is 2.26. The molecule has 0 radical (unpaired) electrons. The number of rotatable bonds is 11. The van der Waals surface area contributed by atoms with Crippen molar-refractivity contribution >= 4 is 5.97 Å². The summed E-state index contributed by atoms with van der Waals surface area (Å²) in [6.07, 6.45) is 5.79. The molecule has 2 nitrogen and oxygen atoms in total. The van der Waals surface area contributed by atoms with Gasteiger partial charge in [-0.3, -0.25) is 4.39 Å². The molecule has 0 aliphatic heterocycles. The number of alkyl halides is 2. The molecule has 0 aromatic heterocycles. The standard InChI is InChI=1S/C12H22F2O2/c13-10-8-6-4-2-1-3-5-7-9-11(14)12(15)16/h11H,1-10H2,(H,15,16). The van der Waals surface area contributed by atoms with E-state index in [1.165, 1.54) is 0 Å². The van der Waals surface area contributed by atoms with E-state index < -0.39 is 12.1 Å². The zero-order valence-corrected chi connectivity index (χ0v) is 9.76. The molecule has 0 spiro atoms. The number of carboxylic acids is 1. The van der Waals surface area contributed by atoms with Crippen LogP contribution in [-0.4, -0.2) is 23.9 Å². The van der Waals surface area contributed by atoms with Gasteiger partial charge in [-0.2, -0.15) is 0 Å². The second kappa shape index (κ2) is 10.8. The topological polar surface area (TPSA) is 37.3 Å². The summed E-state index contributed by atoms with van der Waals surface area (Å²) in [7, 11) is 0. The number of carboxylic acid groups (broad SMARTS) is 1. The van der Waals surface area contributed by atoms with Gasteiger partial charge in [-0.15, -0.1) is 0 Å². The molecule has 0 aromatic carbocycles. The molecule has 0 saturated heterocycles. The number of halogens is 2. The van der Waals surface area contributed by atoms with Crippen LogP contribution in [0.25, 0.3) is 0 Å². The van der Waals surface area contributed by atoms with Crippen LogP contribution in [0.1, 0.15) is 57.8 Å². The second-order valence-electron chi connectivity index (χ2n) is 4.11. The van der Waals surface area contributed by atoms with Crippen LogP contribution in [-0.2, 0) is 4.79 Å². The van der Waals surface area contributed by atoms with Gasteiger partial charge in [0.25, 0.3) is 0 Å². The van der Waals surface area contributed by atoms with E-state index in [9.17, 15) is 13.6 Å². The molecule has 1 N–H and O–H groups in total. The lowest BCUT2D eigenvalue weighted by Gasteiger charge is -2.03. The van der Waals surface area contributed by atoms with E-state index >= 15 is 0 Å². The largest absolute Gasteiger partial charge is 0.479 e. The number of unbranched alkanes of at least 4 members (excludes halogenated alkanes) is 7. The van der Waals surface area contributed by atoms with Crippen LogP contribution in [0.5, 0.6) is 0 Å². The average molecular weight is 236 g/mol. The number of hydrogen-bond donors (Lipinski definition) is 1. The molecule has 0 fully saturated rings. The van der Waals surface area contributed by atoms with Gasteiger partial charge >= 0.3 is 5.97 Å². The van der Waals surface area contributed by atoms with Gasteiger partial charge in [-0.25, -0.2) is 9.18 Å². The molecule has 0 amide bonds. The Bertz CT molecular complexity index is 174. The van der Waals surface area contributed by atoms with Gasteiger partial charge in [0.2, 0.25) is 0 Å². The zero-order valence-electron chi connectivity index (χ0n) is 9.76. The van der Waals surface area contributed by atoms with Crippen LogP contribution in [0.2, 0.25) is 0 Å². The van der Waals surface area contributed by atoms with Gasteiger partial charge in [-0.05, 0) is 19.3 Å². The van der Waals surface area contributed by atoms with Crippen molar-refractivity contribution in [2.24, 2.45) is 0 Å². The van der Waals surface area contributed by atoms with E-state index in [0.717, 1.165) is 38.5 Å². The van der Waals surface area contributed by atoms with Crippen LogP contribution < -0.4 is 0 Å². The normalized spacial score (nSPS) is 12.6. The van der Waals surface area contributed by atoms with Gasteiger partial charge in [0.15, 0.2) is 6.17 Å². The molecule has 0 aromatic rings. The third-order valence-electron chi connectivity index (χ3n) is 2.61.